The average molecular weight is 403 g/mol. The standard InChI is InChI=1S/C22H34N2O3Si/c1-21(2,3)28(4,5)27-16-18-15-24(14-17-10-7-6-8-11-17)20(26)22(18)12-9-13-23-19(22)25/h6-8,10-11,18H,9,12-16H2,1-5H3,(H,23,25)/t18-,22-/m1/s1. The summed E-state index contributed by atoms with van der Waals surface area (Å²) in [6.07, 6.45) is 1.46. The lowest BCUT2D eigenvalue weighted by molar-refractivity contribution is -0.150. The quantitative estimate of drug-likeness (QED) is 0.605. The van der Waals surface area contributed by atoms with Gasteiger partial charge in [0.1, 0.15) is 5.41 Å². The van der Waals surface area contributed by atoms with E-state index in [1.807, 2.05) is 35.2 Å². The fourth-order valence-corrected chi connectivity index (χ4v) is 5.11. The molecule has 0 aromatic heterocycles. The van der Waals surface area contributed by atoms with Crippen LogP contribution in [0.5, 0.6) is 0 Å². The third kappa shape index (κ3) is 3.76. The van der Waals surface area contributed by atoms with E-state index in [0.717, 1.165) is 12.0 Å². The Hall–Kier alpha value is -1.66. The number of nitrogens with zero attached hydrogens (tertiary/aromatic N) is 1. The van der Waals surface area contributed by atoms with Crippen molar-refractivity contribution in [3.63, 3.8) is 0 Å². The maximum atomic E-state index is 13.4. The largest absolute Gasteiger partial charge is 0.416 e. The van der Waals surface area contributed by atoms with Gasteiger partial charge in [0, 0.05) is 32.2 Å². The molecular formula is C22H34N2O3Si. The van der Waals surface area contributed by atoms with Crippen LogP contribution in [-0.4, -0.2) is 44.7 Å². The van der Waals surface area contributed by atoms with Gasteiger partial charge < -0.3 is 14.6 Å². The first kappa shape index (κ1) is 21.1. The van der Waals surface area contributed by atoms with E-state index < -0.39 is 13.7 Å². The molecule has 0 radical (unpaired) electrons. The molecule has 5 nitrogen and oxygen atoms in total. The van der Waals surface area contributed by atoms with Crippen molar-refractivity contribution >= 4 is 20.1 Å². The lowest BCUT2D eigenvalue weighted by Crippen LogP contribution is -2.54. The van der Waals surface area contributed by atoms with E-state index in [4.69, 9.17) is 4.43 Å². The number of carbonyl (C=O) groups excluding carboxylic acids is 2. The lowest BCUT2D eigenvalue weighted by atomic mass is 9.71. The fourth-order valence-electron chi connectivity index (χ4n) is 4.06. The summed E-state index contributed by atoms with van der Waals surface area (Å²) >= 11 is 0. The Morgan fingerprint density at radius 1 is 1.21 bits per heavy atom. The second kappa shape index (κ2) is 7.63. The normalized spacial score (nSPS) is 26.0. The molecular weight excluding hydrogens is 368 g/mol. The predicted octanol–water partition coefficient (Wildman–Crippen LogP) is 3.56. The van der Waals surface area contributed by atoms with Crippen LogP contribution >= 0.6 is 0 Å². The third-order valence-corrected chi connectivity index (χ3v) is 11.4. The first-order valence-electron chi connectivity index (χ1n) is 10.3. The topological polar surface area (TPSA) is 58.6 Å². The minimum Gasteiger partial charge on any atom is -0.416 e. The highest BCUT2D eigenvalue weighted by molar-refractivity contribution is 6.74. The van der Waals surface area contributed by atoms with Crippen LogP contribution in [0, 0.1) is 11.3 Å². The Morgan fingerprint density at radius 2 is 1.89 bits per heavy atom. The molecule has 2 aliphatic heterocycles. The van der Waals surface area contributed by atoms with Crippen molar-refractivity contribution in [1.82, 2.24) is 10.2 Å². The predicted molar refractivity (Wildman–Crippen MR) is 113 cm³/mol. The number of hydrogen-bond donors (Lipinski definition) is 1. The summed E-state index contributed by atoms with van der Waals surface area (Å²) in [6.45, 7) is 13.3. The highest BCUT2D eigenvalue weighted by Gasteiger charge is 2.59. The van der Waals surface area contributed by atoms with Crippen LogP contribution in [0.2, 0.25) is 18.1 Å². The molecule has 6 heteroatoms. The van der Waals surface area contributed by atoms with Crippen LogP contribution in [0.25, 0.3) is 0 Å². The summed E-state index contributed by atoms with van der Waals surface area (Å²) in [5.41, 5.74) is 0.128. The molecule has 0 aliphatic carbocycles. The molecule has 0 unspecified atom stereocenters. The Balaban J connectivity index is 1.84. The van der Waals surface area contributed by atoms with Crippen LogP contribution in [0.3, 0.4) is 0 Å². The SMILES string of the molecule is CC(C)(C)[Si](C)(C)OC[C@H]1CN(Cc2ccccc2)C(=O)[C@]12CCCNC2=O. The molecule has 2 fully saturated rings. The summed E-state index contributed by atoms with van der Waals surface area (Å²) in [4.78, 5) is 28.3. The molecule has 0 bridgehead atoms. The maximum absolute atomic E-state index is 13.4. The number of hydrogen-bond acceptors (Lipinski definition) is 3. The smallest absolute Gasteiger partial charge is 0.239 e. The third-order valence-electron chi connectivity index (χ3n) is 6.91. The summed E-state index contributed by atoms with van der Waals surface area (Å²) < 4.78 is 6.48. The number of piperidine rings is 1. The number of likely N-dealkylation sites (tertiary alicyclic amines) is 1. The molecule has 28 heavy (non-hydrogen) atoms. The summed E-state index contributed by atoms with van der Waals surface area (Å²) in [7, 11) is -1.95. The fraction of sp³-hybridized carbons (Fsp3) is 0.636. The number of benzene rings is 1. The molecule has 3 rings (SSSR count). The highest BCUT2D eigenvalue weighted by Crippen LogP contribution is 2.45. The van der Waals surface area contributed by atoms with E-state index in [1.165, 1.54) is 0 Å². The first-order valence-corrected chi connectivity index (χ1v) is 13.2. The molecule has 2 saturated heterocycles. The molecule has 1 aromatic rings. The zero-order valence-electron chi connectivity index (χ0n) is 17.9. The van der Waals surface area contributed by atoms with Gasteiger partial charge in [-0.25, -0.2) is 0 Å². The van der Waals surface area contributed by atoms with Gasteiger partial charge in [-0.2, -0.15) is 0 Å². The molecule has 2 aliphatic rings. The lowest BCUT2D eigenvalue weighted by Gasteiger charge is -2.39. The van der Waals surface area contributed by atoms with Crippen LogP contribution < -0.4 is 5.32 Å². The van der Waals surface area contributed by atoms with Crippen molar-refractivity contribution in [2.45, 2.75) is 58.3 Å². The minimum atomic E-state index is -1.95. The van der Waals surface area contributed by atoms with E-state index in [-0.39, 0.29) is 22.8 Å². The van der Waals surface area contributed by atoms with Gasteiger partial charge in [0.05, 0.1) is 0 Å². The zero-order chi connectivity index (χ0) is 20.6. The van der Waals surface area contributed by atoms with E-state index in [2.05, 4.69) is 39.2 Å². The Morgan fingerprint density at radius 3 is 2.50 bits per heavy atom. The molecule has 1 N–H and O–H groups in total. The van der Waals surface area contributed by atoms with Gasteiger partial charge in [-0.1, -0.05) is 51.1 Å². The molecule has 154 valence electrons. The number of rotatable bonds is 5. The first-order chi connectivity index (χ1) is 13.1. The van der Waals surface area contributed by atoms with E-state index in [9.17, 15) is 9.59 Å². The molecule has 0 saturated carbocycles. The van der Waals surface area contributed by atoms with Gasteiger partial charge in [-0.3, -0.25) is 9.59 Å². The number of nitrogens with one attached hydrogen (secondary N) is 1. The molecule has 2 amide bonds. The van der Waals surface area contributed by atoms with Crippen molar-refractivity contribution in [2.24, 2.45) is 11.3 Å². The molecule has 1 aromatic carbocycles. The summed E-state index contributed by atoms with van der Waals surface area (Å²) in [6, 6.07) is 10.00. The van der Waals surface area contributed by atoms with Crippen molar-refractivity contribution in [3.05, 3.63) is 35.9 Å². The monoisotopic (exact) mass is 402 g/mol. The van der Waals surface area contributed by atoms with Crippen LogP contribution in [0.1, 0.15) is 39.2 Å². The van der Waals surface area contributed by atoms with Crippen LogP contribution in [0.15, 0.2) is 30.3 Å². The molecule has 2 atom stereocenters. The van der Waals surface area contributed by atoms with Crippen molar-refractivity contribution in [3.8, 4) is 0 Å². The van der Waals surface area contributed by atoms with E-state index in [0.29, 0.717) is 32.7 Å². The van der Waals surface area contributed by atoms with E-state index in [1.54, 1.807) is 0 Å². The minimum absolute atomic E-state index is 0.0302. The second-order valence-electron chi connectivity index (χ2n) is 9.77. The van der Waals surface area contributed by atoms with Gasteiger partial charge in [0.2, 0.25) is 11.8 Å². The molecule has 1 spiro atoms. The Labute approximate surface area is 170 Å². The number of carbonyl (C=O) groups is 2. The van der Waals surface area contributed by atoms with Gasteiger partial charge in [-0.15, -0.1) is 0 Å². The van der Waals surface area contributed by atoms with Gasteiger partial charge in [-0.05, 0) is 36.5 Å². The van der Waals surface area contributed by atoms with Crippen LogP contribution in [0.4, 0.5) is 0 Å². The average Bonchev–Trinajstić information content (AvgIpc) is 2.89. The van der Waals surface area contributed by atoms with Gasteiger partial charge in [0.15, 0.2) is 8.32 Å². The number of amides is 2. The van der Waals surface area contributed by atoms with Gasteiger partial charge >= 0.3 is 0 Å². The van der Waals surface area contributed by atoms with Crippen molar-refractivity contribution in [1.29, 1.82) is 0 Å². The second-order valence-corrected chi connectivity index (χ2v) is 14.6. The van der Waals surface area contributed by atoms with E-state index >= 15 is 0 Å². The molecule has 2 heterocycles. The van der Waals surface area contributed by atoms with Crippen molar-refractivity contribution in [2.75, 3.05) is 19.7 Å². The summed E-state index contributed by atoms with van der Waals surface area (Å²) in [5, 5.41) is 3.05. The van der Waals surface area contributed by atoms with Crippen LogP contribution in [-0.2, 0) is 20.6 Å². The Kier molecular flexibility index (Phi) is 5.74. The van der Waals surface area contributed by atoms with Crippen molar-refractivity contribution < 1.29 is 14.0 Å². The summed E-state index contributed by atoms with van der Waals surface area (Å²) in [5.74, 6) is -0.237. The Bertz CT molecular complexity index is 729. The maximum Gasteiger partial charge on any atom is 0.239 e. The highest BCUT2D eigenvalue weighted by atomic mass is 28.4. The van der Waals surface area contributed by atoms with Gasteiger partial charge in [0.25, 0.3) is 0 Å². The zero-order valence-corrected chi connectivity index (χ0v) is 18.9.